The predicted octanol–water partition coefficient (Wildman–Crippen LogP) is 2.55. The lowest BCUT2D eigenvalue weighted by Crippen LogP contribution is -2.59. The highest BCUT2D eigenvalue weighted by Gasteiger charge is 2.51. The van der Waals surface area contributed by atoms with Gasteiger partial charge in [0, 0.05) is 11.5 Å². The van der Waals surface area contributed by atoms with Crippen LogP contribution in [0.3, 0.4) is 0 Å². The number of nitrogens with one attached hydrogen (secondary N) is 1. The molecular formula is C16H21NO3S. The lowest BCUT2D eigenvalue weighted by Gasteiger charge is -2.56. The van der Waals surface area contributed by atoms with E-state index in [9.17, 15) is 4.21 Å². The summed E-state index contributed by atoms with van der Waals surface area (Å²) in [5, 5.41) is 3.70. The Morgan fingerprint density at radius 1 is 1.33 bits per heavy atom. The number of hydrogen-bond acceptors (Lipinski definition) is 3. The van der Waals surface area contributed by atoms with Crippen LogP contribution in [0.25, 0.3) is 0 Å². The summed E-state index contributed by atoms with van der Waals surface area (Å²) in [5.74, 6) is 1.25. The van der Waals surface area contributed by atoms with Crippen LogP contribution >= 0.6 is 0 Å². The van der Waals surface area contributed by atoms with Crippen molar-refractivity contribution in [2.24, 2.45) is 5.92 Å². The maximum Gasteiger partial charge on any atom is 0.357 e. The van der Waals surface area contributed by atoms with Gasteiger partial charge in [0.1, 0.15) is 5.75 Å². The van der Waals surface area contributed by atoms with Gasteiger partial charge >= 0.3 is 11.4 Å². The molecule has 1 aromatic rings. The van der Waals surface area contributed by atoms with Gasteiger partial charge in [0.2, 0.25) is 0 Å². The van der Waals surface area contributed by atoms with Crippen molar-refractivity contribution in [1.82, 2.24) is 5.32 Å². The molecule has 4 nitrogen and oxygen atoms in total. The maximum absolute atomic E-state index is 10.8. The van der Waals surface area contributed by atoms with E-state index >= 15 is 0 Å². The van der Waals surface area contributed by atoms with Crippen molar-refractivity contribution in [3.05, 3.63) is 29.3 Å². The van der Waals surface area contributed by atoms with Gasteiger partial charge in [-0.15, -0.1) is 0 Å². The molecule has 4 rings (SSSR count). The molecule has 5 heteroatoms. The molecule has 1 unspecified atom stereocenters. The second kappa shape index (κ2) is 5.07. The van der Waals surface area contributed by atoms with Gasteiger partial charge in [-0.2, -0.15) is 4.21 Å². The van der Waals surface area contributed by atoms with E-state index in [0.29, 0.717) is 17.2 Å². The molecule has 3 aliphatic rings. The zero-order valence-corrected chi connectivity index (χ0v) is 12.8. The van der Waals surface area contributed by atoms with Crippen LogP contribution in [0.2, 0.25) is 0 Å². The third-order valence-corrected chi connectivity index (χ3v) is 6.12. The van der Waals surface area contributed by atoms with Crippen molar-refractivity contribution >= 4 is 11.4 Å². The van der Waals surface area contributed by atoms with Crippen LogP contribution in [-0.2, 0) is 23.2 Å². The van der Waals surface area contributed by atoms with E-state index in [4.69, 9.17) is 8.74 Å². The Bertz CT molecular complexity index is 587. The molecular weight excluding hydrogens is 286 g/mol. The fourth-order valence-electron chi connectivity index (χ4n) is 5.07. The van der Waals surface area contributed by atoms with Gasteiger partial charge in [-0.25, -0.2) is 0 Å². The summed E-state index contributed by atoms with van der Waals surface area (Å²) >= 11 is -2.25. The van der Waals surface area contributed by atoms with Crippen molar-refractivity contribution < 1.29 is 12.9 Å². The molecule has 0 radical (unpaired) electrons. The molecule has 2 fully saturated rings. The third-order valence-electron chi connectivity index (χ3n) is 5.78. The minimum Gasteiger partial charge on any atom is -0.380 e. The monoisotopic (exact) mass is 307 g/mol. The standard InChI is InChI=1S/C16H21NO3S/c18-21(19)20-12-4-5-13-11(9-12)10-15-14-3-1-2-6-16(13,14)7-8-17-15/h4-5,9,14-15,17H,1-3,6-8,10H2,(H,18,19)/t14-,15+,16-/m0/s1. The first-order valence-corrected chi connectivity index (χ1v) is 8.88. The Balaban J connectivity index is 1.78. The van der Waals surface area contributed by atoms with Crippen LogP contribution < -0.4 is 9.50 Å². The summed E-state index contributed by atoms with van der Waals surface area (Å²) in [6, 6.07) is 6.53. The third kappa shape index (κ3) is 2.14. The molecule has 114 valence electrons. The van der Waals surface area contributed by atoms with Gasteiger partial charge in [0.15, 0.2) is 0 Å². The molecule has 0 aromatic heterocycles. The summed E-state index contributed by atoms with van der Waals surface area (Å²) in [4.78, 5) is 0. The summed E-state index contributed by atoms with van der Waals surface area (Å²) in [5.41, 5.74) is 3.10. The summed E-state index contributed by atoms with van der Waals surface area (Å²) in [7, 11) is 0. The minimum absolute atomic E-state index is 0.332. The molecule has 21 heavy (non-hydrogen) atoms. The van der Waals surface area contributed by atoms with Crippen molar-refractivity contribution in [3.8, 4) is 5.75 Å². The van der Waals surface area contributed by atoms with Gasteiger partial charge in [-0.05, 0) is 61.4 Å². The number of hydrogen-bond donors (Lipinski definition) is 2. The van der Waals surface area contributed by atoms with Gasteiger partial charge in [0.05, 0.1) is 0 Å². The molecule has 1 aliphatic heterocycles. The molecule has 1 aromatic carbocycles. The Morgan fingerprint density at radius 3 is 3.10 bits per heavy atom. The Hall–Kier alpha value is -0.910. The molecule has 2 bridgehead atoms. The molecule has 1 saturated carbocycles. The zero-order valence-electron chi connectivity index (χ0n) is 12.0. The van der Waals surface area contributed by atoms with Crippen LogP contribution in [-0.4, -0.2) is 21.3 Å². The van der Waals surface area contributed by atoms with Crippen LogP contribution in [0.5, 0.6) is 5.75 Å². The van der Waals surface area contributed by atoms with Gasteiger partial charge < -0.3 is 9.50 Å². The number of benzene rings is 1. The number of piperidine rings is 1. The van der Waals surface area contributed by atoms with Crippen molar-refractivity contribution in [3.63, 3.8) is 0 Å². The molecule has 0 spiro atoms. The quantitative estimate of drug-likeness (QED) is 0.825. The highest BCUT2D eigenvalue weighted by Crippen LogP contribution is 2.54. The minimum atomic E-state index is -2.25. The topological polar surface area (TPSA) is 58.6 Å². The van der Waals surface area contributed by atoms with Gasteiger partial charge in [0.25, 0.3) is 0 Å². The smallest absolute Gasteiger partial charge is 0.357 e. The van der Waals surface area contributed by atoms with Crippen LogP contribution in [0.4, 0.5) is 0 Å². The average Bonchev–Trinajstić information content (AvgIpc) is 2.46. The first-order valence-electron chi connectivity index (χ1n) is 7.85. The average molecular weight is 307 g/mol. The zero-order chi connectivity index (χ0) is 14.4. The van der Waals surface area contributed by atoms with E-state index in [-0.39, 0.29) is 0 Å². The molecule has 2 N–H and O–H groups in total. The predicted molar refractivity (Wildman–Crippen MR) is 81.6 cm³/mol. The maximum atomic E-state index is 10.8. The van der Waals surface area contributed by atoms with E-state index in [1.54, 1.807) is 0 Å². The fourth-order valence-corrected chi connectivity index (χ4v) is 5.33. The van der Waals surface area contributed by atoms with Crippen molar-refractivity contribution in [1.29, 1.82) is 0 Å². The highest BCUT2D eigenvalue weighted by atomic mass is 32.2. The first-order chi connectivity index (χ1) is 10.2. The molecule has 2 aliphatic carbocycles. The summed E-state index contributed by atoms with van der Waals surface area (Å²) < 4.78 is 24.7. The Morgan fingerprint density at radius 2 is 2.24 bits per heavy atom. The van der Waals surface area contributed by atoms with Gasteiger partial charge in [-0.1, -0.05) is 18.9 Å². The van der Waals surface area contributed by atoms with E-state index in [1.807, 2.05) is 12.1 Å². The van der Waals surface area contributed by atoms with Gasteiger partial charge in [-0.3, -0.25) is 4.55 Å². The normalized spacial score (nSPS) is 35.5. The van der Waals surface area contributed by atoms with Crippen LogP contribution in [0.1, 0.15) is 43.2 Å². The largest absolute Gasteiger partial charge is 0.380 e. The van der Waals surface area contributed by atoms with E-state index in [2.05, 4.69) is 11.4 Å². The van der Waals surface area contributed by atoms with Crippen LogP contribution in [0, 0.1) is 5.92 Å². The lowest BCUT2D eigenvalue weighted by atomic mass is 9.53. The second-order valence-electron chi connectivity index (χ2n) is 6.64. The summed E-state index contributed by atoms with van der Waals surface area (Å²) in [6.07, 6.45) is 7.52. The van der Waals surface area contributed by atoms with Crippen LogP contribution in [0.15, 0.2) is 18.2 Å². The van der Waals surface area contributed by atoms with E-state index in [0.717, 1.165) is 18.9 Å². The number of fused-ring (bicyclic) bond motifs is 1. The molecule has 1 saturated heterocycles. The highest BCUT2D eigenvalue weighted by molar-refractivity contribution is 7.74. The molecule has 4 atom stereocenters. The SMILES string of the molecule is O=S(O)Oc1ccc2c(c1)C[C@H]1NCC[C@@]23CCCC[C@@H]13. The Labute approximate surface area is 127 Å². The van der Waals surface area contributed by atoms with Crippen molar-refractivity contribution in [2.75, 3.05) is 6.54 Å². The van der Waals surface area contributed by atoms with E-state index < -0.39 is 11.4 Å². The first kappa shape index (κ1) is 13.7. The molecule has 0 amide bonds. The number of rotatable bonds is 2. The lowest BCUT2D eigenvalue weighted by molar-refractivity contribution is 0.0797. The molecule has 1 heterocycles. The second-order valence-corrected chi connectivity index (χ2v) is 7.24. The fraction of sp³-hybridized carbons (Fsp3) is 0.625. The Kier molecular flexibility index (Phi) is 3.32. The van der Waals surface area contributed by atoms with E-state index in [1.165, 1.54) is 43.2 Å². The van der Waals surface area contributed by atoms with Crippen molar-refractivity contribution in [2.45, 2.75) is 50.0 Å². The summed E-state index contributed by atoms with van der Waals surface area (Å²) in [6.45, 7) is 1.11.